The quantitative estimate of drug-likeness (QED) is 0.566. The molecule has 0 N–H and O–H groups in total. The largest absolute Gasteiger partial charge is 0.323 e. The van der Waals surface area contributed by atoms with Gasteiger partial charge < -0.3 is 4.90 Å². The lowest BCUT2D eigenvalue weighted by Gasteiger charge is -2.29. The summed E-state index contributed by atoms with van der Waals surface area (Å²) in [5.74, 6) is 1.04. The molecule has 2 aromatic carbocycles. The van der Waals surface area contributed by atoms with Crippen LogP contribution in [-0.4, -0.2) is 23.4 Å². The minimum atomic E-state index is 0.102. The van der Waals surface area contributed by atoms with Crippen molar-refractivity contribution in [2.24, 2.45) is 10.4 Å². The van der Waals surface area contributed by atoms with Crippen molar-refractivity contribution in [1.29, 1.82) is 0 Å². The molecule has 3 heteroatoms. The Labute approximate surface area is 168 Å². The van der Waals surface area contributed by atoms with Gasteiger partial charge in [0.2, 0.25) is 0 Å². The molecule has 1 unspecified atom stereocenters. The van der Waals surface area contributed by atoms with E-state index in [0.717, 1.165) is 28.8 Å². The Kier molecular flexibility index (Phi) is 4.49. The fourth-order valence-electron chi connectivity index (χ4n) is 4.28. The van der Waals surface area contributed by atoms with Crippen molar-refractivity contribution in [2.45, 2.75) is 47.6 Å². The molecular formula is C25H29N3. The number of aromatic nitrogens is 1. The maximum absolute atomic E-state index is 5.24. The zero-order valence-electron chi connectivity index (χ0n) is 17.7. The van der Waals surface area contributed by atoms with Gasteiger partial charge in [-0.3, -0.25) is 9.98 Å². The molecule has 3 aromatic rings. The highest BCUT2D eigenvalue weighted by Crippen LogP contribution is 2.36. The lowest BCUT2D eigenvalue weighted by atomic mass is 9.87. The van der Waals surface area contributed by atoms with Crippen LogP contribution >= 0.6 is 0 Å². The summed E-state index contributed by atoms with van der Waals surface area (Å²) in [4.78, 5) is 12.4. The summed E-state index contributed by atoms with van der Waals surface area (Å²) in [5.41, 5.74) is 7.42. The van der Waals surface area contributed by atoms with E-state index in [4.69, 9.17) is 9.98 Å². The second-order valence-electron chi connectivity index (χ2n) is 9.07. The molecule has 0 saturated heterocycles. The molecule has 0 spiro atoms. The molecule has 0 amide bonds. The first-order chi connectivity index (χ1) is 13.3. The number of para-hydroxylation sites is 1. The first-order valence-electron chi connectivity index (χ1n) is 10.0. The van der Waals surface area contributed by atoms with E-state index in [1.807, 2.05) is 12.3 Å². The maximum Gasteiger partial charge on any atom is 0.138 e. The van der Waals surface area contributed by atoms with Gasteiger partial charge in [0.25, 0.3) is 0 Å². The van der Waals surface area contributed by atoms with Crippen LogP contribution in [0.3, 0.4) is 0 Å². The monoisotopic (exact) mass is 371 g/mol. The SMILES string of the molecule is Cc1cc(C)c(N2CC(C(C)(C)C)N=C2c2cccc3cccnc23)c(C)c1. The third-order valence-corrected chi connectivity index (χ3v) is 5.67. The van der Waals surface area contributed by atoms with Crippen molar-refractivity contribution in [2.75, 3.05) is 11.4 Å². The van der Waals surface area contributed by atoms with Crippen molar-refractivity contribution >= 4 is 22.4 Å². The second kappa shape index (κ2) is 6.73. The van der Waals surface area contributed by atoms with Gasteiger partial charge >= 0.3 is 0 Å². The number of aryl methyl sites for hydroxylation is 3. The molecule has 2 heterocycles. The zero-order valence-corrected chi connectivity index (χ0v) is 17.7. The van der Waals surface area contributed by atoms with Gasteiger partial charge in [-0.15, -0.1) is 0 Å². The molecule has 0 fully saturated rings. The summed E-state index contributed by atoms with van der Waals surface area (Å²) in [7, 11) is 0. The van der Waals surface area contributed by atoms with Crippen LogP contribution < -0.4 is 4.90 Å². The molecule has 3 nitrogen and oxygen atoms in total. The van der Waals surface area contributed by atoms with Crippen LogP contribution in [-0.2, 0) is 0 Å². The van der Waals surface area contributed by atoms with Gasteiger partial charge in [-0.25, -0.2) is 0 Å². The molecule has 0 aliphatic carbocycles. The second-order valence-corrected chi connectivity index (χ2v) is 9.07. The first kappa shape index (κ1) is 18.7. The third-order valence-electron chi connectivity index (χ3n) is 5.67. The van der Waals surface area contributed by atoms with Crippen molar-refractivity contribution in [3.05, 3.63) is 70.9 Å². The van der Waals surface area contributed by atoms with E-state index in [1.165, 1.54) is 22.4 Å². The van der Waals surface area contributed by atoms with E-state index in [0.29, 0.717) is 0 Å². The summed E-state index contributed by atoms with van der Waals surface area (Å²) in [6.07, 6.45) is 1.87. The van der Waals surface area contributed by atoms with Crippen molar-refractivity contribution in [1.82, 2.24) is 4.98 Å². The lowest BCUT2D eigenvalue weighted by Crippen LogP contribution is -2.35. The van der Waals surface area contributed by atoms with Gasteiger partial charge in [-0.2, -0.15) is 0 Å². The smallest absolute Gasteiger partial charge is 0.138 e. The fourth-order valence-corrected chi connectivity index (χ4v) is 4.28. The number of anilines is 1. The van der Waals surface area contributed by atoms with Gasteiger partial charge in [0.05, 0.1) is 11.6 Å². The summed E-state index contributed by atoms with van der Waals surface area (Å²) < 4.78 is 0. The van der Waals surface area contributed by atoms with Gasteiger partial charge in [-0.05, 0) is 49.4 Å². The van der Waals surface area contributed by atoms with Crippen LogP contribution in [0.2, 0.25) is 0 Å². The Balaban J connectivity index is 1.93. The Morgan fingerprint density at radius 2 is 1.64 bits per heavy atom. The van der Waals surface area contributed by atoms with Crippen LogP contribution in [0.15, 0.2) is 53.7 Å². The maximum atomic E-state index is 5.24. The highest BCUT2D eigenvalue weighted by molar-refractivity contribution is 6.17. The van der Waals surface area contributed by atoms with Crippen LogP contribution in [0.5, 0.6) is 0 Å². The molecule has 1 aliphatic rings. The topological polar surface area (TPSA) is 28.5 Å². The van der Waals surface area contributed by atoms with Crippen LogP contribution in [0.1, 0.15) is 43.0 Å². The number of amidine groups is 1. The van der Waals surface area contributed by atoms with Crippen LogP contribution in [0, 0.1) is 26.2 Å². The van der Waals surface area contributed by atoms with E-state index in [-0.39, 0.29) is 11.5 Å². The summed E-state index contributed by atoms with van der Waals surface area (Å²) in [5, 5.41) is 1.15. The van der Waals surface area contributed by atoms with E-state index >= 15 is 0 Å². The standard InChI is InChI=1S/C25H29N3/c1-16-13-17(2)23(18(3)14-16)28-15-21(25(4,5)6)27-24(28)20-11-7-9-19-10-8-12-26-22(19)20/h7-14,21H,15H2,1-6H3. The zero-order chi connectivity index (χ0) is 20.1. The first-order valence-corrected chi connectivity index (χ1v) is 10.0. The van der Waals surface area contributed by atoms with E-state index in [2.05, 4.69) is 82.8 Å². The number of nitrogens with zero attached hydrogens (tertiary/aromatic N) is 3. The molecular weight excluding hydrogens is 342 g/mol. The molecule has 0 radical (unpaired) electrons. The van der Waals surface area contributed by atoms with Gasteiger partial charge in [0, 0.05) is 29.4 Å². The predicted octanol–water partition coefficient (Wildman–Crippen LogP) is 5.84. The summed E-state index contributed by atoms with van der Waals surface area (Å²) in [6, 6.07) is 15.3. The van der Waals surface area contributed by atoms with Crippen LogP contribution in [0.25, 0.3) is 10.9 Å². The Bertz CT molecular complexity index is 1040. The Morgan fingerprint density at radius 1 is 0.964 bits per heavy atom. The average Bonchev–Trinajstić information content (AvgIpc) is 3.05. The third kappa shape index (κ3) is 3.19. The Morgan fingerprint density at radius 3 is 2.32 bits per heavy atom. The number of hydrogen-bond donors (Lipinski definition) is 0. The number of hydrogen-bond acceptors (Lipinski definition) is 3. The lowest BCUT2D eigenvalue weighted by molar-refractivity contribution is 0.337. The van der Waals surface area contributed by atoms with Crippen molar-refractivity contribution in [3.8, 4) is 0 Å². The van der Waals surface area contributed by atoms with Crippen LogP contribution in [0.4, 0.5) is 5.69 Å². The van der Waals surface area contributed by atoms with Gasteiger partial charge in [0.15, 0.2) is 0 Å². The molecule has 28 heavy (non-hydrogen) atoms. The highest BCUT2D eigenvalue weighted by Gasteiger charge is 2.36. The minimum Gasteiger partial charge on any atom is -0.323 e. The summed E-state index contributed by atoms with van der Waals surface area (Å²) >= 11 is 0. The number of rotatable bonds is 2. The minimum absolute atomic E-state index is 0.102. The van der Waals surface area contributed by atoms with E-state index < -0.39 is 0 Å². The van der Waals surface area contributed by atoms with E-state index in [9.17, 15) is 0 Å². The molecule has 1 aliphatic heterocycles. The molecule has 0 bridgehead atoms. The Hall–Kier alpha value is -2.68. The molecule has 1 aromatic heterocycles. The summed E-state index contributed by atoms with van der Waals surface area (Å²) in [6.45, 7) is 14.3. The van der Waals surface area contributed by atoms with Crippen molar-refractivity contribution in [3.63, 3.8) is 0 Å². The normalized spacial score (nSPS) is 17.3. The predicted molar refractivity (Wildman–Crippen MR) is 120 cm³/mol. The number of benzene rings is 2. The molecule has 4 rings (SSSR count). The molecule has 1 atom stereocenters. The number of aliphatic imine (C=N–C) groups is 1. The fraction of sp³-hybridized carbons (Fsp3) is 0.360. The number of fused-ring (bicyclic) bond motifs is 1. The van der Waals surface area contributed by atoms with E-state index in [1.54, 1.807) is 0 Å². The number of pyridine rings is 1. The average molecular weight is 372 g/mol. The highest BCUT2D eigenvalue weighted by atomic mass is 15.3. The molecule has 0 saturated carbocycles. The van der Waals surface area contributed by atoms with Crippen molar-refractivity contribution < 1.29 is 0 Å². The van der Waals surface area contributed by atoms with Gasteiger partial charge in [0.1, 0.15) is 5.84 Å². The molecule has 144 valence electrons. The van der Waals surface area contributed by atoms with Gasteiger partial charge in [-0.1, -0.05) is 56.7 Å².